The number of hydrogen-bond donors (Lipinski definition) is 3. The second-order valence-electron chi connectivity index (χ2n) is 14.4. The molecule has 9 nitrogen and oxygen atoms in total. The molecule has 3 atom stereocenters. The second kappa shape index (κ2) is 16.4. The Kier molecular flexibility index (Phi) is 11.0. The van der Waals surface area contributed by atoms with Crippen LogP contribution < -0.4 is 5.32 Å². The van der Waals surface area contributed by atoms with E-state index < -0.39 is 11.9 Å². The molecule has 2 saturated heterocycles. The van der Waals surface area contributed by atoms with Crippen LogP contribution in [0.3, 0.4) is 0 Å². The van der Waals surface area contributed by atoms with Crippen LogP contribution >= 0.6 is 11.6 Å². The van der Waals surface area contributed by atoms with Gasteiger partial charge in [0.15, 0.2) is 6.29 Å². The highest BCUT2D eigenvalue weighted by Gasteiger charge is 2.37. The van der Waals surface area contributed by atoms with Crippen LogP contribution in [0.5, 0.6) is 0 Å². The minimum atomic E-state index is -0.883. The van der Waals surface area contributed by atoms with Crippen molar-refractivity contribution in [1.29, 1.82) is 0 Å². The number of fused-ring (bicyclic) bond motifs is 1. The van der Waals surface area contributed by atoms with Gasteiger partial charge < -0.3 is 29.9 Å². The van der Waals surface area contributed by atoms with Gasteiger partial charge in [0.1, 0.15) is 5.69 Å². The zero-order valence-corrected chi connectivity index (χ0v) is 31.1. The molecule has 10 heteroatoms. The molecule has 0 radical (unpaired) electrons. The van der Waals surface area contributed by atoms with Gasteiger partial charge in [-0.05, 0) is 82.6 Å². The van der Waals surface area contributed by atoms with Gasteiger partial charge in [-0.2, -0.15) is 0 Å². The first-order chi connectivity index (χ1) is 26.8. The Balaban J connectivity index is 0.968. The minimum Gasteiger partial charge on any atom is -0.392 e. The van der Waals surface area contributed by atoms with Gasteiger partial charge in [0.2, 0.25) is 0 Å². The zero-order valence-electron chi connectivity index (χ0n) is 30.4. The summed E-state index contributed by atoms with van der Waals surface area (Å²) in [7, 11) is 0. The average molecular weight is 755 g/mol. The Morgan fingerprint density at radius 2 is 1.55 bits per heavy atom. The van der Waals surface area contributed by atoms with Crippen molar-refractivity contribution in [2.45, 2.75) is 56.5 Å². The molecule has 1 aromatic heterocycles. The Bertz CT molecular complexity index is 2260. The predicted octanol–water partition coefficient (Wildman–Crippen LogP) is 7.90. The summed E-state index contributed by atoms with van der Waals surface area (Å²) >= 11 is 6.11. The molecular formula is C45H43ClN4O5. The predicted molar refractivity (Wildman–Crippen MR) is 212 cm³/mol. The maximum Gasteiger partial charge on any atom is 0.271 e. The van der Waals surface area contributed by atoms with Gasteiger partial charge in [-0.25, -0.2) is 4.98 Å². The molecule has 280 valence electrons. The minimum absolute atomic E-state index is 0.0169. The van der Waals surface area contributed by atoms with E-state index in [1.165, 1.54) is 6.20 Å². The molecule has 0 unspecified atom stereocenters. The number of aromatic nitrogens is 2. The largest absolute Gasteiger partial charge is 0.392 e. The molecule has 5 aromatic carbocycles. The summed E-state index contributed by atoms with van der Waals surface area (Å²) in [6.07, 6.45) is 2.48. The van der Waals surface area contributed by atoms with E-state index in [-0.39, 0.29) is 30.4 Å². The molecule has 3 N–H and O–H groups in total. The van der Waals surface area contributed by atoms with Crippen molar-refractivity contribution >= 4 is 28.5 Å². The number of para-hydroxylation sites is 2. The van der Waals surface area contributed by atoms with Gasteiger partial charge in [0.05, 0.1) is 41.6 Å². The topological polar surface area (TPSA) is 117 Å². The quantitative estimate of drug-likeness (QED) is 0.129. The average Bonchev–Trinajstić information content (AvgIpc) is 3.24. The van der Waals surface area contributed by atoms with Gasteiger partial charge in [0.25, 0.3) is 5.91 Å². The fourth-order valence-electron chi connectivity index (χ4n) is 7.54. The summed E-state index contributed by atoms with van der Waals surface area (Å²) in [5.41, 5.74) is 7.45. The number of piperidine rings is 1. The number of carbonyl (C=O) groups is 1. The molecule has 0 saturated carbocycles. The number of amides is 1. The zero-order chi connectivity index (χ0) is 37.8. The lowest BCUT2D eigenvalue weighted by Crippen LogP contribution is -2.46. The van der Waals surface area contributed by atoms with Crippen LogP contribution in [-0.4, -0.2) is 56.7 Å². The van der Waals surface area contributed by atoms with E-state index in [4.69, 9.17) is 21.1 Å². The first-order valence-corrected chi connectivity index (χ1v) is 19.1. The van der Waals surface area contributed by atoms with Crippen molar-refractivity contribution in [3.05, 3.63) is 166 Å². The first-order valence-electron chi connectivity index (χ1n) is 18.7. The van der Waals surface area contributed by atoms with Crippen molar-refractivity contribution in [3.8, 4) is 11.1 Å². The summed E-state index contributed by atoms with van der Waals surface area (Å²) in [6.45, 7) is 2.50. The van der Waals surface area contributed by atoms with Crippen LogP contribution in [0.1, 0.15) is 70.0 Å². The Labute approximate surface area is 325 Å². The molecule has 55 heavy (non-hydrogen) atoms. The lowest BCUT2D eigenvalue weighted by Gasteiger charge is -2.42. The van der Waals surface area contributed by atoms with E-state index in [2.05, 4.69) is 44.5 Å². The van der Waals surface area contributed by atoms with Crippen LogP contribution in [0.2, 0.25) is 5.02 Å². The summed E-state index contributed by atoms with van der Waals surface area (Å²) in [4.78, 5) is 24.2. The number of benzene rings is 5. The summed E-state index contributed by atoms with van der Waals surface area (Å²) in [5, 5.41) is 24.8. The molecular weight excluding hydrogens is 712 g/mol. The Morgan fingerprint density at radius 1 is 0.818 bits per heavy atom. The fourth-order valence-corrected chi connectivity index (χ4v) is 7.67. The van der Waals surface area contributed by atoms with Crippen molar-refractivity contribution in [1.82, 2.24) is 20.2 Å². The monoisotopic (exact) mass is 754 g/mol. The molecule has 1 amide bonds. The fraction of sp³-hybridized carbons (Fsp3) is 0.267. The number of nitrogens with zero attached hydrogens (tertiary/aromatic N) is 3. The summed E-state index contributed by atoms with van der Waals surface area (Å²) < 4.78 is 13.4. The maximum atomic E-state index is 13.0. The van der Waals surface area contributed by atoms with Crippen LogP contribution in [0, 0.1) is 0 Å². The number of carbonyl (C=O) groups excluding carboxylic acids is 1. The highest BCUT2D eigenvalue weighted by molar-refractivity contribution is 6.30. The van der Waals surface area contributed by atoms with Gasteiger partial charge in [0, 0.05) is 43.2 Å². The molecule has 0 spiro atoms. The number of halogens is 1. The number of aliphatic hydroxyl groups excluding tert-OH is 1. The van der Waals surface area contributed by atoms with Crippen molar-refractivity contribution in [2.75, 3.05) is 19.6 Å². The van der Waals surface area contributed by atoms with Crippen molar-refractivity contribution in [2.24, 2.45) is 0 Å². The standard InChI is InChI=1S/C45H43ClN4O5/c46-37-17-15-36(16-18-37)45(53)19-21-50(22-20-45)28-38-25-42(32-13-11-30(29-51)12-14-32)55-44(54-38)35-8-4-7-34(24-35)33-6-3-5-31(23-33)26-48-43(52)41-27-47-39-9-1-2-10-40(39)49-41/h1-18,23-24,27,38,42,44,51,53H,19-22,25-26,28-29H2,(H,48,52)/t38-,42+,44+/m0/s1. The Hall–Kier alpha value is -5.00. The van der Waals surface area contributed by atoms with E-state index in [1.807, 2.05) is 97.1 Å². The highest BCUT2D eigenvalue weighted by Crippen LogP contribution is 2.40. The van der Waals surface area contributed by atoms with Gasteiger partial charge in [-0.3, -0.25) is 9.78 Å². The van der Waals surface area contributed by atoms with E-state index in [0.717, 1.165) is 57.6 Å². The third-order valence-corrected chi connectivity index (χ3v) is 10.9. The molecule has 6 aromatic rings. The number of aliphatic hydroxyl groups is 2. The lowest BCUT2D eigenvalue weighted by molar-refractivity contribution is -0.253. The first kappa shape index (κ1) is 36.9. The molecule has 3 heterocycles. The number of rotatable bonds is 10. The van der Waals surface area contributed by atoms with Crippen LogP contribution in [0.15, 0.2) is 128 Å². The molecule has 0 bridgehead atoms. The normalized spacial score (nSPS) is 19.9. The van der Waals surface area contributed by atoms with Crippen LogP contribution in [0.4, 0.5) is 0 Å². The maximum absolute atomic E-state index is 13.0. The molecule has 8 rings (SSSR count). The van der Waals surface area contributed by atoms with Gasteiger partial charge in [-0.15, -0.1) is 0 Å². The molecule has 2 aliphatic heterocycles. The summed E-state index contributed by atoms with van der Waals surface area (Å²) in [6, 6.07) is 39.2. The van der Waals surface area contributed by atoms with Gasteiger partial charge in [-0.1, -0.05) is 96.5 Å². The molecule has 2 fully saturated rings. The molecule has 0 aliphatic carbocycles. The van der Waals surface area contributed by atoms with Crippen LogP contribution in [-0.2, 0) is 28.2 Å². The van der Waals surface area contributed by atoms with Crippen LogP contribution in [0.25, 0.3) is 22.2 Å². The van der Waals surface area contributed by atoms with E-state index in [0.29, 0.717) is 42.9 Å². The van der Waals surface area contributed by atoms with Crippen molar-refractivity contribution in [3.63, 3.8) is 0 Å². The smallest absolute Gasteiger partial charge is 0.271 e. The number of hydrogen-bond acceptors (Lipinski definition) is 8. The number of nitrogens with one attached hydrogen (secondary N) is 1. The van der Waals surface area contributed by atoms with E-state index >= 15 is 0 Å². The number of ether oxygens (including phenoxy) is 2. The summed E-state index contributed by atoms with van der Waals surface area (Å²) in [5.74, 6) is -0.283. The van der Waals surface area contributed by atoms with Crippen molar-refractivity contribution < 1.29 is 24.5 Å². The Morgan fingerprint density at radius 3 is 2.31 bits per heavy atom. The lowest BCUT2D eigenvalue weighted by atomic mass is 9.84. The number of likely N-dealkylation sites (tertiary alicyclic amines) is 1. The third-order valence-electron chi connectivity index (χ3n) is 10.7. The van der Waals surface area contributed by atoms with Gasteiger partial charge >= 0.3 is 0 Å². The SMILES string of the molecule is O=C(NCc1cccc(-c2cccc([C@@H]3O[C@H](CN4CCC(O)(c5ccc(Cl)cc5)CC4)C[C@H](c4ccc(CO)cc4)O3)c2)c1)c1cnc2ccccc2n1. The molecule has 2 aliphatic rings. The second-order valence-corrected chi connectivity index (χ2v) is 14.9. The van der Waals surface area contributed by atoms with E-state index in [1.54, 1.807) is 0 Å². The highest BCUT2D eigenvalue weighted by atomic mass is 35.5. The third kappa shape index (κ3) is 8.63. The van der Waals surface area contributed by atoms with E-state index in [9.17, 15) is 15.0 Å².